The maximum atomic E-state index is 9.73. The molecule has 0 aromatic heterocycles. The van der Waals surface area contributed by atoms with Crippen molar-refractivity contribution in [3.8, 4) is 11.5 Å². The first-order chi connectivity index (χ1) is 10.2. The average Bonchev–Trinajstić information content (AvgIpc) is 2.50. The molecule has 0 saturated heterocycles. The lowest BCUT2D eigenvalue weighted by molar-refractivity contribution is -0.167. The molecule has 0 aliphatic heterocycles. The van der Waals surface area contributed by atoms with Crippen LogP contribution in [0.3, 0.4) is 0 Å². The maximum absolute atomic E-state index is 9.73. The molecular weight excluding hydrogens is 272 g/mol. The number of aliphatic hydroxyl groups excluding tert-OH is 1. The largest absolute Gasteiger partial charge is 0.494 e. The van der Waals surface area contributed by atoms with Gasteiger partial charge >= 0.3 is 0 Å². The summed E-state index contributed by atoms with van der Waals surface area (Å²) in [5.74, 6) is 1.60. The van der Waals surface area contributed by atoms with Crippen LogP contribution in [0, 0.1) is 0 Å². The minimum atomic E-state index is -0.459. The van der Waals surface area contributed by atoms with Crippen molar-refractivity contribution in [2.75, 3.05) is 26.9 Å². The number of benzene rings is 1. The van der Waals surface area contributed by atoms with E-state index in [9.17, 15) is 5.11 Å². The summed E-state index contributed by atoms with van der Waals surface area (Å²) >= 11 is 0. The van der Waals surface area contributed by atoms with Gasteiger partial charge in [0, 0.05) is 13.5 Å². The second kappa shape index (κ2) is 8.22. The Labute approximate surface area is 125 Å². The number of hydrogen-bond acceptors (Lipinski definition) is 5. The second-order valence-corrected chi connectivity index (χ2v) is 5.11. The quantitative estimate of drug-likeness (QED) is 0.707. The molecule has 5 nitrogen and oxygen atoms in total. The predicted molar refractivity (Wildman–Crippen MR) is 78.9 cm³/mol. The van der Waals surface area contributed by atoms with Crippen LogP contribution in [0.4, 0.5) is 0 Å². The first kappa shape index (κ1) is 16.1. The van der Waals surface area contributed by atoms with Crippen molar-refractivity contribution in [3.63, 3.8) is 0 Å². The van der Waals surface area contributed by atoms with Crippen LogP contribution in [0.5, 0.6) is 11.5 Å². The van der Waals surface area contributed by atoms with Crippen LogP contribution in [0.1, 0.15) is 19.8 Å². The van der Waals surface area contributed by atoms with E-state index in [1.54, 1.807) is 7.11 Å². The predicted octanol–water partition coefficient (Wildman–Crippen LogP) is 2.02. The fourth-order valence-corrected chi connectivity index (χ4v) is 2.17. The molecule has 1 saturated carbocycles. The minimum absolute atomic E-state index is 0.112. The van der Waals surface area contributed by atoms with Gasteiger partial charge in [0.1, 0.15) is 23.7 Å². The molecular formula is C16H24O5. The van der Waals surface area contributed by atoms with E-state index in [0.29, 0.717) is 26.2 Å². The molecule has 21 heavy (non-hydrogen) atoms. The van der Waals surface area contributed by atoms with E-state index in [0.717, 1.165) is 17.9 Å². The van der Waals surface area contributed by atoms with Gasteiger partial charge in [0.15, 0.2) is 0 Å². The van der Waals surface area contributed by atoms with Crippen LogP contribution in [-0.4, -0.2) is 50.3 Å². The molecule has 1 aromatic rings. The number of methoxy groups -OCH3 is 1. The molecule has 1 aromatic carbocycles. The lowest BCUT2D eigenvalue weighted by atomic mass is 9.88. The summed E-state index contributed by atoms with van der Waals surface area (Å²) in [6.45, 7) is 3.76. The van der Waals surface area contributed by atoms with E-state index in [4.69, 9.17) is 18.9 Å². The van der Waals surface area contributed by atoms with Gasteiger partial charge in [-0.2, -0.15) is 0 Å². The first-order valence-corrected chi connectivity index (χ1v) is 7.42. The third-order valence-electron chi connectivity index (χ3n) is 3.40. The molecule has 0 radical (unpaired) electrons. The summed E-state index contributed by atoms with van der Waals surface area (Å²) < 4.78 is 21.9. The van der Waals surface area contributed by atoms with Crippen LogP contribution >= 0.6 is 0 Å². The number of ether oxygens (including phenoxy) is 4. The topological polar surface area (TPSA) is 57.2 Å². The van der Waals surface area contributed by atoms with Crippen molar-refractivity contribution < 1.29 is 24.1 Å². The molecule has 3 unspecified atom stereocenters. The van der Waals surface area contributed by atoms with Crippen molar-refractivity contribution in [1.29, 1.82) is 0 Å². The normalized spacial score (nSPS) is 24.4. The molecule has 1 N–H and O–H groups in total. The van der Waals surface area contributed by atoms with Gasteiger partial charge in [-0.15, -0.1) is 0 Å². The zero-order chi connectivity index (χ0) is 15.1. The summed E-state index contributed by atoms with van der Waals surface area (Å²) in [4.78, 5) is 0. The molecule has 0 amide bonds. The standard InChI is InChI=1S/C16H24O5/c1-3-8-19-12-4-6-13(7-5-12)21-15-11-14(17)16(15)20-10-9-18-2/h4-7,14-17H,3,8-11H2,1-2H3. The number of aliphatic hydroxyl groups is 1. The zero-order valence-corrected chi connectivity index (χ0v) is 12.7. The highest BCUT2D eigenvalue weighted by molar-refractivity contribution is 5.31. The molecule has 0 spiro atoms. The lowest BCUT2D eigenvalue weighted by Crippen LogP contribution is -2.55. The lowest BCUT2D eigenvalue weighted by Gasteiger charge is -2.40. The second-order valence-electron chi connectivity index (χ2n) is 5.11. The van der Waals surface area contributed by atoms with Gasteiger partial charge in [0.25, 0.3) is 0 Å². The molecule has 1 aliphatic carbocycles. The van der Waals surface area contributed by atoms with Gasteiger partial charge in [-0.3, -0.25) is 0 Å². The highest BCUT2D eigenvalue weighted by Gasteiger charge is 2.42. The SMILES string of the molecule is CCCOc1ccc(OC2CC(O)C2OCCOC)cc1. The Bertz CT molecular complexity index is 406. The number of rotatable bonds is 9. The molecule has 5 heteroatoms. The van der Waals surface area contributed by atoms with Crippen molar-refractivity contribution >= 4 is 0 Å². The fraction of sp³-hybridized carbons (Fsp3) is 0.625. The Morgan fingerprint density at radius 1 is 1.10 bits per heavy atom. The fourth-order valence-electron chi connectivity index (χ4n) is 2.17. The van der Waals surface area contributed by atoms with Crippen molar-refractivity contribution in [1.82, 2.24) is 0 Å². The molecule has 1 aliphatic rings. The molecule has 0 bridgehead atoms. The van der Waals surface area contributed by atoms with Gasteiger partial charge < -0.3 is 24.1 Å². The Morgan fingerprint density at radius 2 is 1.81 bits per heavy atom. The van der Waals surface area contributed by atoms with E-state index >= 15 is 0 Å². The van der Waals surface area contributed by atoms with Gasteiger partial charge in [-0.25, -0.2) is 0 Å². The molecule has 2 rings (SSSR count). The minimum Gasteiger partial charge on any atom is -0.494 e. The highest BCUT2D eigenvalue weighted by atomic mass is 16.6. The molecule has 118 valence electrons. The van der Waals surface area contributed by atoms with Gasteiger partial charge in [-0.1, -0.05) is 6.92 Å². The van der Waals surface area contributed by atoms with Crippen LogP contribution in [0.25, 0.3) is 0 Å². The number of hydrogen-bond donors (Lipinski definition) is 1. The third kappa shape index (κ3) is 4.59. The van der Waals surface area contributed by atoms with Crippen LogP contribution in [0.15, 0.2) is 24.3 Å². The average molecular weight is 296 g/mol. The van der Waals surface area contributed by atoms with Gasteiger partial charge in [-0.05, 0) is 30.7 Å². The summed E-state index contributed by atoms with van der Waals surface area (Å²) in [5, 5.41) is 9.73. The van der Waals surface area contributed by atoms with Crippen molar-refractivity contribution in [2.45, 2.75) is 38.1 Å². The first-order valence-electron chi connectivity index (χ1n) is 7.42. The van der Waals surface area contributed by atoms with E-state index in [1.165, 1.54) is 0 Å². The smallest absolute Gasteiger partial charge is 0.130 e. The Hall–Kier alpha value is -1.30. The highest BCUT2D eigenvalue weighted by Crippen LogP contribution is 2.29. The monoisotopic (exact) mass is 296 g/mol. The van der Waals surface area contributed by atoms with Gasteiger partial charge in [0.2, 0.25) is 0 Å². The van der Waals surface area contributed by atoms with Crippen molar-refractivity contribution in [3.05, 3.63) is 24.3 Å². The van der Waals surface area contributed by atoms with Crippen LogP contribution in [0.2, 0.25) is 0 Å². The summed E-state index contributed by atoms with van der Waals surface area (Å²) in [5.41, 5.74) is 0. The Balaban J connectivity index is 1.80. The van der Waals surface area contributed by atoms with E-state index in [2.05, 4.69) is 6.92 Å². The summed E-state index contributed by atoms with van der Waals surface area (Å²) in [7, 11) is 1.62. The van der Waals surface area contributed by atoms with Crippen molar-refractivity contribution in [2.24, 2.45) is 0 Å². The van der Waals surface area contributed by atoms with Crippen LogP contribution < -0.4 is 9.47 Å². The summed E-state index contributed by atoms with van der Waals surface area (Å²) in [6.07, 6.45) is 0.721. The summed E-state index contributed by atoms with van der Waals surface area (Å²) in [6, 6.07) is 7.53. The van der Waals surface area contributed by atoms with E-state index in [1.807, 2.05) is 24.3 Å². The van der Waals surface area contributed by atoms with Crippen LogP contribution in [-0.2, 0) is 9.47 Å². The van der Waals surface area contributed by atoms with E-state index in [-0.39, 0.29) is 12.2 Å². The maximum Gasteiger partial charge on any atom is 0.130 e. The molecule has 1 fully saturated rings. The molecule has 3 atom stereocenters. The third-order valence-corrected chi connectivity index (χ3v) is 3.40. The zero-order valence-electron chi connectivity index (χ0n) is 12.7. The van der Waals surface area contributed by atoms with Gasteiger partial charge in [0.05, 0.1) is 25.9 Å². The Kier molecular flexibility index (Phi) is 6.29. The molecule has 0 heterocycles. The van der Waals surface area contributed by atoms with E-state index < -0.39 is 6.10 Å². The Morgan fingerprint density at radius 3 is 2.43 bits per heavy atom.